The SMILES string of the molecule is COc1ccc(C)cc1C(C)NC(=O)c1ccc(S(C)=O)cc1. The Balaban J connectivity index is 2.16. The smallest absolute Gasteiger partial charge is 0.251 e. The van der Waals surface area contributed by atoms with E-state index in [1.165, 1.54) is 0 Å². The Kier molecular flexibility index (Phi) is 5.55. The van der Waals surface area contributed by atoms with E-state index in [-0.39, 0.29) is 11.9 Å². The van der Waals surface area contributed by atoms with Crippen LogP contribution in [0.2, 0.25) is 0 Å². The topological polar surface area (TPSA) is 55.4 Å². The van der Waals surface area contributed by atoms with Gasteiger partial charge in [0.2, 0.25) is 0 Å². The maximum Gasteiger partial charge on any atom is 0.251 e. The van der Waals surface area contributed by atoms with Crippen molar-refractivity contribution in [1.29, 1.82) is 0 Å². The molecule has 0 aliphatic rings. The van der Waals surface area contributed by atoms with Crippen molar-refractivity contribution in [3.8, 4) is 5.75 Å². The highest BCUT2D eigenvalue weighted by atomic mass is 32.2. The Morgan fingerprint density at radius 2 is 1.83 bits per heavy atom. The summed E-state index contributed by atoms with van der Waals surface area (Å²) < 4.78 is 16.8. The van der Waals surface area contributed by atoms with Gasteiger partial charge in [0.25, 0.3) is 5.91 Å². The van der Waals surface area contributed by atoms with Crippen molar-refractivity contribution in [1.82, 2.24) is 5.32 Å². The maximum absolute atomic E-state index is 12.4. The van der Waals surface area contributed by atoms with Crippen molar-refractivity contribution in [2.24, 2.45) is 0 Å². The van der Waals surface area contributed by atoms with Crippen LogP contribution in [0.15, 0.2) is 47.4 Å². The number of aryl methyl sites for hydroxylation is 1. The van der Waals surface area contributed by atoms with Crippen LogP contribution >= 0.6 is 0 Å². The molecule has 1 amide bonds. The number of amides is 1. The predicted molar refractivity (Wildman–Crippen MR) is 92.4 cm³/mol. The number of carbonyl (C=O) groups is 1. The molecule has 122 valence electrons. The Bertz CT molecular complexity index is 726. The van der Waals surface area contributed by atoms with Crippen molar-refractivity contribution >= 4 is 16.7 Å². The summed E-state index contributed by atoms with van der Waals surface area (Å²) in [5, 5.41) is 2.97. The first kappa shape index (κ1) is 17.2. The molecule has 2 unspecified atom stereocenters. The summed E-state index contributed by atoms with van der Waals surface area (Å²) in [7, 11) is 0.571. The average molecular weight is 331 g/mol. The van der Waals surface area contributed by atoms with Crippen molar-refractivity contribution in [3.05, 3.63) is 59.2 Å². The average Bonchev–Trinajstić information content (AvgIpc) is 2.54. The van der Waals surface area contributed by atoms with Crippen molar-refractivity contribution in [3.63, 3.8) is 0 Å². The highest BCUT2D eigenvalue weighted by Gasteiger charge is 2.15. The molecule has 4 nitrogen and oxygen atoms in total. The lowest BCUT2D eigenvalue weighted by Gasteiger charge is -2.18. The van der Waals surface area contributed by atoms with Gasteiger partial charge in [-0.25, -0.2) is 0 Å². The van der Waals surface area contributed by atoms with E-state index in [1.54, 1.807) is 37.6 Å². The summed E-state index contributed by atoms with van der Waals surface area (Å²) in [5.41, 5.74) is 2.58. The van der Waals surface area contributed by atoms with Crippen molar-refractivity contribution in [2.45, 2.75) is 24.8 Å². The summed E-state index contributed by atoms with van der Waals surface area (Å²) in [6, 6.07) is 12.5. The van der Waals surface area contributed by atoms with Gasteiger partial charge in [0.15, 0.2) is 0 Å². The van der Waals surface area contributed by atoms with Gasteiger partial charge in [-0.15, -0.1) is 0 Å². The first-order valence-electron chi connectivity index (χ1n) is 7.31. The lowest BCUT2D eigenvalue weighted by atomic mass is 10.0. The van der Waals surface area contributed by atoms with E-state index < -0.39 is 10.8 Å². The molecule has 23 heavy (non-hydrogen) atoms. The first-order chi connectivity index (χ1) is 10.9. The number of rotatable bonds is 5. The van der Waals surface area contributed by atoms with Gasteiger partial charge in [0.1, 0.15) is 5.75 Å². The molecule has 0 radical (unpaired) electrons. The molecule has 0 aliphatic carbocycles. The van der Waals surface area contributed by atoms with Crippen molar-refractivity contribution in [2.75, 3.05) is 13.4 Å². The van der Waals surface area contributed by atoms with E-state index >= 15 is 0 Å². The largest absolute Gasteiger partial charge is 0.496 e. The molecular formula is C18H21NO3S. The second-order valence-corrected chi connectivity index (χ2v) is 6.80. The molecule has 0 saturated carbocycles. The molecule has 2 rings (SSSR count). The number of methoxy groups -OCH3 is 1. The minimum Gasteiger partial charge on any atom is -0.496 e. The van der Waals surface area contributed by atoms with Crippen LogP contribution in [-0.2, 0) is 10.8 Å². The van der Waals surface area contributed by atoms with Crippen LogP contribution in [0.25, 0.3) is 0 Å². The minimum absolute atomic E-state index is 0.172. The number of ether oxygens (including phenoxy) is 1. The van der Waals surface area contributed by atoms with Crippen LogP contribution in [0.4, 0.5) is 0 Å². The molecule has 5 heteroatoms. The van der Waals surface area contributed by atoms with E-state index in [1.807, 2.05) is 32.0 Å². The zero-order chi connectivity index (χ0) is 17.0. The molecular weight excluding hydrogens is 310 g/mol. The number of carbonyl (C=O) groups excluding carboxylic acids is 1. The molecule has 2 aromatic carbocycles. The zero-order valence-electron chi connectivity index (χ0n) is 13.8. The second-order valence-electron chi connectivity index (χ2n) is 5.42. The normalized spacial score (nSPS) is 13.2. The minimum atomic E-state index is -1.05. The molecule has 0 saturated heterocycles. The molecule has 2 atom stereocenters. The first-order valence-corrected chi connectivity index (χ1v) is 8.87. The highest BCUT2D eigenvalue weighted by molar-refractivity contribution is 7.84. The Hall–Kier alpha value is -2.14. The van der Waals surface area contributed by atoms with E-state index in [0.29, 0.717) is 10.5 Å². The van der Waals surface area contributed by atoms with Gasteiger partial charge in [-0.3, -0.25) is 9.00 Å². The van der Waals surface area contributed by atoms with Crippen LogP contribution in [0.1, 0.15) is 34.5 Å². The molecule has 0 spiro atoms. The van der Waals surface area contributed by atoms with E-state index in [0.717, 1.165) is 16.9 Å². The molecule has 0 aromatic heterocycles. The maximum atomic E-state index is 12.4. The number of nitrogens with one attached hydrogen (secondary N) is 1. The predicted octanol–water partition coefficient (Wildman–Crippen LogP) is 3.23. The zero-order valence-corrected chi connectivity index (χ0v) is 14.6. The number of hydrogen-bond donors (Lipinski definition) is 1. The Labute approximate surface area is 139 Å². The Morgan fingerprint density at radius 3 is 2.39 bits per heavy atom. The summed E-state index contributed by atoms with van der Waals surface area (Å²) in [6.45, 7) is 3.92. The van der Waals surface area contributed by atoms with Crippen LogP contribution in [0, 0.1) is 6.92 Å². The number of hydrogen-bond acceptors (Lipinski definition) is 3. The summed E-state index contributed by atoms with van der Waals surface area (Å²) in [4.78, 5) is 13.1. The summed E-state index contributed by atoms with van der Waals surface area (Å²) in [6.07, 6.45) is 1.61. The van der Waals surface area contributed by atoms with Gasteiger partial charge < -0.3 is 10.1 Å². The lowest BCUT2D eigenvalue weighted by Crippen LogP contribution is -2.27. The van der Waals surface area contributed by atoms with Gasteiger partial charge in [-0.2, -0.15) is 0 Å². The fourth-order valence-electron chi connectivity index (χ4n) is 2.35. The van der Waals surface area contributed by atoms with E-state index in [9.17, 15) is 9.00 Å². The third-order valence-corrected chi connectivity index (χ3v) is 4.58. The fourth-order valence-corrected chi connectivity index (χ4v) is 2.87. The van der Waals surface area contributed by atoms with Gasteiger partial charge in [-0.05, 0) is 44.2 Å². The third-order valence-electron chi connectivity index (χ3n) is 3.65. The molecule has 1 N–H and O–H groups in total. The monoisotopic (exact) mass is 331 g/mol. The fraction of sp³-hybridized carbons (Fsp3) is 0.278. The van der Waals surface area contributed by atoms with Gasteiger partial charge >= 0.3 is 0 Å². The van der Waals surface area contributed by atoms with Crippen molar-refractivity contribution < 1.29 is 13.7 Å². The Morgan fingerprint density at radius 1 is 1.17 bits per heavy atom. The van der Waals surface area contributed by atoms with Crippen LogP contribution in [0.3, 0.4) is 0 Å². The van der Waals surface area contributed by atoms with E-state index in [4.69, 9.17) is 4.74 Å². The van der Waals surface area contributed by atoms with Crippen LogP contribution in [-0.4, -0.2) is 23.5 Å². The third kappa shape index (κ3) is 4.20. The lowest BCUT2D eigenvalue weighted by molar-refractivity contribution is 0.0939. The van der Waals surface area contributed by atoms with Crippen LogP contribution in [0.5, 0.6) is 5.75 Å². The molecule has 0 heterocycles. The van der Waals surface area contributed by atoms with Gasteiger partial charge in [-0.1, -0.05) is 17.7 Å². The molecule has 2 aromatic rings. The second kappa shape index (κ2) is 7.42. The van der Waals surface area contributed by atoms with Crippen LogP contribution < -0.4 is 10.1 Å². The highest BCUT2D eigenvalue weighted by Crippen LogP contribution is 2.26. The molecule has 0 aliphatic heterocycles. The quantitative estimate of drug-likeness (QED) is 0.915. The molecule has 0 fully saturated rings. The van der Waals surface area contributed by atoms with E-state index in [2.05, 4.69) is 5.32 Å². The summed E-state index contributed by atoms with van der Waals surface area (Å²) >= 11 is 0. The van der Waals surface area contributed by atoms with Gasteiger partial charge in [0.05, 0.1) is 13.2 Å². The summed E-state index contributed by atoms with van der Waals surface area (Å²) in [5.74, 6) is 0.578. The number of benzene rings is 2. The van der Waals surface area contributed by atoms with Gasteiger partial charge in [0, 0.05) is 33.1 Å². The molecule has 0 bridgehead atoms. The standard InChI is InChI=1S/C18H21NO3S/c1-12-5-10-17(22-3)16(11-12)13(2)19-18(20)14-6-8-15(9-7-14)23(4)21/h5-11,13H,1-4H3,(H,19,20).